The minimum absolute atomic E-state index is 0.0211. The Balaban J connectivity index is 1.22. The van der Waals surface area contributed by atoms with Crippen molar-refractivity contribution in [2.75, 3.05) is 16.4 Å². The molecule has 5 rings (SSSR count). The Morgan fingerprint density at radius 2 is 1.82 bits per heavy atom. The molecule has 2 aliphatic rings. The second kappa shape index (κ2) is 9.23. The van der Waals surface area contributed by atoms with Crippen LogP contribution in [0.25, 0.3) is 10.2 Å². The first-order valence-corrected chi connectivity index (χ1v) is 12.8. The zero-order valence-corrected chi connectivity index (χ0v) is 20.0. The third kappa shape index (κ3) is 4.58. The van der Waals surface area contributed by atoms with E-state index in [9.17, 15) is 19.5 Å². The number of rotatable bonds is 7. The van der Waals surface area contributed by atoms with E-state index in [1.54, 1.807) is 6.07 Å². The van der Waals surface area contributed by atoms with Crippen LogP contribution in [0, 0.1) is 30.6 Å². The van der Waals surface area contributed by atoms with Crippen molar-refractivity contribution in [3.63, 3.8) is 0 Å². The normalized spacial score (nSPS) is 22.7. The summed E-state index contributed by atoms with van der Waals surface area (Å²) in [5, 5.41) is 15.4. The number of fused-ring (bicyclic) bond motifs is 3. The number of aryl methyl sites for hydroxylation is 1. The molecule has 0 unspecified atom stereocenters. The summed E-state index contributed by atoms with van der Waals surface area (Å²) in [4.78, 5) is 41.5. The van der Waals surface area contributed by atoms with Crippen LogP contribution in [0.4, 0.5) is 11.4 Å². The van der Waals surface area contributed by atoms with Gasteiger partial charge in [0.15, 0.2) is 4.34 Å². The number of thiazole rings is 1. The van der Waals surface area contributed by atoms with Gasteiger partial charge in [-0.15, -0.1) is 11.3 Å². The Morgan fingerprint density at radius 1 is 1.06 bits per heavy atom. The molecule has 3 aromatic rings. The lowest BCUT2D eigenvalue weighted by Gasteiger charge is -2.23. The van der Waals surface area contributed by atoms with Gasteiger partial charge in [-0.05, 0) is 61.1 Å². The van der Waals surface area contributed by atoms with Crippen LogP contribution in [0.1, 0.15) is 12.0 Å². The van der Waals surface area contributed by atoms with Crippen LogP contribution in [-0.4, -0.2) is 33.6 Å². The van der Waals surface area contributed by atoms with Crippen LogP contribution in [-0.2, 0) is 14.4 Å². The highest BCUT2D eigenvalue weighted by molar-refractivity contribution is 8.01. The second-order valence-corrected chi connectivity index (χ2v) is 10.9. The summed E-state index contributed by atoms with van der Waals surface area (Å²) in [5.74, 6) is -2.34. The van der Waals surface area contributed by atoms with Gasteiger partial charge in [-0.3, -0.25) is 14.4 Å². The van der Waals surface area contributed by atoms with Gasteiger partial charge in [-0.2, -0.15) is 0 Å². The van der Waals surface area contributed by atoms with Gasteiger partial charge >= 0.3 is 5.97 Å². The van der Waals surface area contributed by atoms with Gasteiger partial charge in [0.2, 0.25) is 11.8 Å². The molecule has 0 saturated heterocycles. The number of thioether (sulfide) groups is 1. The molecule has 174 valence electrons. The van der Waals surface area contributed by atoms with Gasteiger partial charge in [0.25, 0.3) is 0 Å². The number of aliphatic carboxylic acids is 1. The van der Waals surface area contributed by atoms with Crippen molar-refractivity contribution in [1.29, 1.82) is 0 Å². The molecule has 2 amide bonds. The number of carbonyl (C=O) groups is 3. The molecule has 7 nitrogen and oxygen atoms in total. The number of amides is 2. The monoisotopic (exact) mass is 493 g/mol. The Labute approximate surface area is 204 Å². The number of hydrogen-bond acceptors (Lipinski definition) is 6. The average Bonchev–Trinajstić information content (AvgIpc) is 3.51. The molecule has 0 aliphatic heterocycles. The van der Waals surface area contributed by atoms with E-state index in [0.717, 1.165) is 32.2 Å². The van der Waals surface area contributed by atoms with Crippen molar-refractivity contribution in [3.05, 3.63) is 60.2 Å². The molecule has 0 spiro atoms. The van der Waals surface area contributed by atoms with Crippen molar-refractivity contribution in [1.82, 2.24) is 4.98 Å². The van der Waals surface area contributed by atoms with Gasteiger partial charge in [0.05, 0.1) is 27.8 Å². The van der Waals surface area contributed by atoms with E-state index in [4.69, 9.17) is 0 Å². The number of hydrogen-bond donors (Lipinski definition) is 3. The maximum Gasteiger partial charge on any atom is 0.307 e. The fourth-order valence-electron chi connectivity index (χ4n) is 4.83. The third-order valence-electron chi connectivity index (χ3n) is 6.31. The highest BCUT2D eigenvalue weighted by Gasteiger charge is 2.51. The SMILES string of the molecule is Cc1cccc(NC(=O)CSc2nc3ccc(NC(=O)[C@@H]4[C@H](C(=O)O)[C@H]5C=C[C@H]4C5)cc3s2)c1. The van der Waals surface area contributed by atoms with E-state index < -0.39 is 17.8 Å². The largest absolute Gasteiger partial charge is 0.481 e. The van der Waals surface area contributed by atoms with Crippen molar-refractivity contribution in [2.24, 2.45) is 23.7 Å². The number of carboxylic acid groups (broad SMARTS) is 1. The summed E-state index contributed by atoms with van der Waals surface area (Å²) < 4.78 is 1.66. The molecule has 1 saturated carbocycles. The Morgan fingerprint density at radius 3 is 2.59 bits per heavy atom. The zero-order chi connectivity index (χ0) is 23.8. The number of carbonyl (C=O) groups excluding carboxylic acids is 2. The fourth-order valence-corrected chi connectivity index (χ4v) is 6.74. The second-order valence-electron chi connectivity index (χ2n) is 8.70. The number of benzene rings is 2. The highest BCUT2D eigenvalue weighted by Crippen LogP contribution is 2.48. The Bertz CT molecular complexity index is 1320. The quantitative estimate of drug-likeness (QED) is 0.322. The van der Waals surface area contributed by atoms with E-state index in [-0.39, 0.29) is 29.4 Å². The molecular formula is C25H23N3O4S2. The van der Waals surface area contributed by atoms with Crippen LogP contribution in [0.2, 0.25) is 0 Å². The van der Waals surface area contributed by atoms with E-state index in [1.807, 2.05) is 55.5 Å². The average molecular weight is 494 g/mol. The van der Waals surface area contributed by atoms with Crippen LogP contribution in [0.3, 0.4) is 0 Å². The van der Waals surface area contributed by atoms with Crippen molar-refractivity contribution >= 4 is 62.5 Å². The summed E-state index contributed by atoms with van der Waals surface area (Å²) in [6.07, 6.45) is 4.62. The number of nitrogens with one attached hydrogen (secondary N) is 2. The Hall–Kier alpha value is -3.17. The number of aromatic nitrogens is 1. The molecule has 34 heavy (non-hydrogen) atoms. The first-order chi connectivity index (χ1) is 16.4. The maximum absolute atomic E-state index is 12.9. The first kappa shape index (κ1) is 22.6. The molecule has 1 aromatic heterocycles. The molecule has 0 radical (unpaired) electrons. The fraction of sp³-hybridized carbons (Fsp3) is 0.280. The van der Waals surface area contributed by atoms with Crippen LogP contribution < -0.4 is 10.6 Å². The van der Waals surface area contributed by atoms with Gasteiger partial charge in [0, 0.05) is 11.4 Å². The number of anilines is 2. The molecule has 1 heterocycles. The molecule has 2 aliphatic carbocycles. The standard InChI is InChI=1S/C25H23N3O4S2/c1-13-3-2-4-16(9-13)26-20(29)12-33-25-28-18-8-7-17(11-19(18)34-25)27-23(30)21-14-5-6-15(10-14)22(21)24(31)32/h2-9,11,14-15,21-22H,10,12H2,1H3,(H,26,29)(H,27,30)(H,31,32)/t14-,15-,21-,22+/m0/s1. The highest BCUT2D eigenvalue weighted by atomic mass is 32.2. The molecule has 3 N–H and O–H groups in total. The maximum atomic E-state index is 12.9. The predicted octanol–water partition coefficient (Wildman–Crippen LogP) is 4.80. The topological polar surface area (TPSA) is 108 Å². The van der Waals surface area contributed by atoms with Crippen LogP contribution in [0.5, 0.6) is 0 Å². The van der Waals surface area contributed by atoms with E-state index in [1.165, 1.54) is 23.1 Å². The summed E-state index contributed by atoms with van der Waals surface area (Å²) in [6, 6.07) is 13.1. The third-order valence-corrected chi connectivity index (χ3v) is 8.47. The summed E-state index contributed by atoms with van der Waals surface area (Å²) >= 11 is 2.82. The minimum Gasteiger partial charge on any atom is -0.481 e. The Kier molecular flexibility index (Phi) is 6.14. The molecule has 1 fully saturated rings. The molecule has 2 aromatic carbocycles. The molecule has 9 heteroatoms. The summed E-state index contributed by atoms with van der Waals surface area (Å²) in [7, 11) is 0. The van der Waals surface area contributed by atoms with Crippen LogP contribution >= 0.6 is 23.1 Å². The number of nitrogens with zero attached hydrogens (tertiary/aromatic N) is 1. The van der Waals surface area contributed by atoms with E-state index in [2.05, 4.69) is 15.6 Å². The zero-order valence-electron chi connectivity index (χ0n) is 18.4. The van der Waals surface area contributed by atoms with Crippen molar-refractivity contribution < 1.29 is 19.5 Å². The molecular weight excluding hydrogens is 470 g/mol. The van der Waals surface area contributed by atoms with E-state index in [0.29, 0.717) is 5.69 Å². The number of allylic oxidation sites excluding steroid dienone is 2. The smallest absolute Gasteiger partial charge is 0.307 e. The lowest BCUT2D eigenvalue weighted by atomic mass is 9.82. The first-order valence-electron chi connectivity index (χ1n) is 11.0. The van der Waals surface area contributed by atoms with Crippen molar-refractivity contribution in [2.45, 2.75) is 17.7 Å². The van der Waals surface area contributed by atoms with Crippen LogP contribution in [0.15, 0.2) is 59.0 Å². The lowest BCUT2D eigenvalue weighted by molar-refractivity contribution is -0.146. The predicted molar refractivity (Wildman–Crippen MR) is 134 cm³/mol. The summed E-state index contributed by atoms with van der Waals surface area (Å²) in [6.45, 7) is 1.97. The molecule has 4 atom stereocenters. The van der Waals surface area contributed by atoms with E-state index >= 15 is 0 Å². The number of carboxylic acids is 1. The lowest BCUT2D eigenvalue weighted by Crippen LogP contribution is -2.36. The van der Waals surface area contributed by atoms with Gasteiger partial charge in [-0.1, -0.05) is 36.0 Å². The minimum atomic E-state index is -0.914. The van der Waals surface area contributed by atoms with Crippen molar-refractivity contribution in [3.8, 4) is 0 Å². The van der Waals surface area contributed by atoms with Gasteiger partial charge in [-0.25, -0.2) is 4.98 Å². The van der Waals surface area contributed by atoms with Gasteiger partial charge < -0.3 is 15.7 Å². The van der Waals surface area contributed by atoms with Gasteiger partial charge in [0.1, 0.15) is 0 Å². The summed E-state index contributed by atoms with van der Waals surface area (Å²) in [5.41, 5.74) is 3.25. The molecule has 2 bridgehead atoms.